The summed E-state index contributed by atoms with van der Waals surface area (Å²) in [6, 6.07) is 13.0. The summed E-state index contributed by atoms with van der Waals surface area (Å²) >= 11 is 0. The number of carbonyl (C=O) groups excluding carboxylic acids is 1. The van der Waals surface area contributed by atoms with E-state index in [4.69, 9.17) is 9.47 Å². The standard InChI is InChI=1S/C16H15NO5/c1-11-7-9-12(10-8-11)15(16(18)21-2)22-14-6-4-3-5-13(14)17(19)20/h3-10,15H,1-2H3. The van der Waals surface area contributed by atoms with Crippen LogP contribution in [0.5, 0.6) is 5.75 Å². The number of methoxy groups -OCH3 is 1. The third kappa shape index (κ3) is 3.41. The molecule has 0 aliphatic heterocycles. The smallest absolute Gasteiger partial charge is 0.351 e. The lowest BCUT2D eigenvalue weighted by Gasteiger charge is -2.17. The van der Waals surface area contributed by atoms with Crippen molar-refractivity contribution >= 4 is 11.7 Å². The summed E-state index contributed by atoms with van der Waals surface area (Å²) in [6.07, 6.45) is -1.06. The van der Waals surface area contributed by atoms with Gasteiger partial charge < -0.3 is 9.47 Å². The first-order chi connectivity index (χ1) is 10.5. The first kappa shape index (κ1) is 15.5. The van der Waals surface area contributed by atoms with Gasteiger partial charge in [-0.3, -0.25) is 10.1 Å². The number of esters is 1. The van der Waals surface area contributed by atoms with Crippen molar-refractivity contribution in [1.82, 2.24) is 0 Å². The van der Waals surface area contributed by atoms with Crippen LogP contribution in [0.1, 0.15) is 17.2 Å². The molecule has 22 heavy (non-hydrogen) atoms. The monoisotopic (exact) mass is 301 g/mol. The van der Waals surface area contributed by atoms with Crippen molar-refractivity contribution in [3.8, 4) is 5.75 Å². The van der Waals surface area contributed by atoms with E-state index in [9.17, 15) is 14.9 Å². The second-order valence-electron chi connectivity index (χ2n) is 4.66. The summed E-state index contributed by atoms with van der Waals surface area (Å²) in [5.74, 6) is -0.606. The number of hydrogen-bond donors (Lipinski definition) is 0. The number of carbonyl (C=O) groups is 1. The number of hydrogen-bond acceptors (Lipinski definition) is 5. The van der Waals surface area contributed by atoms with Gasteiger partial charge in [0.05, 0.1) is 12.0 Å². The summed E-state index contributed by atoms with van der Waals surface area (Å²) in [4.78, 5) is 22.4. The number of rotatable bonds is 5. The Bertz CT molecular complexity index is 681. The fourth-order valence-corrected chi connectivity index (χ4v) is 1.94. The van der Waals surface area contributed by atoms with E-state index in [-0.39, 0.29) is 11.4 Å². The molecule has 6 heteroatoms. The van der Waals surface area contributed by atoms with Crippen LogP contribution in [0.2, 0.25) is 0 Å². The Morgan fingerprint density at radius 1 is 1.14 bits per heavy atom. The Balaban J connectivity index is 2.38. The normalized spacial score (nSPS) is 11.5. The summed E-state index contributed by atoms with van der Waals surface area (Å²) in [5.41, 5.74) is 1.39. The van der Waals surface area contributed by atoms with E-state index in [2.05, 4.69) is 0 Å². The number of benzene rings is 2. The van der Waals surface area contributed by atoms with Crippen LogP contribution in [-0.2, 0) is 9.53 Å². The molecule has 0 aliphatic rings. The number of nitrogens with zero attached hydrogens (tertiary/aromatic N) is 1. The van der Waals surface area contributed by atoms with Crippen molar-refractivity contribution in [3.05, 3.63) is 69.8 Å². The van der Waals surface area contributed by atoms with Crippen LogP contribution in [0, 0.1) is 17.0 Å². The van der Waals surface area contributed by atoms with Crippen molar-refractivity contribution in [2.75, 3.05) is 7.11 Å². The number of para-hydroxylation sites is 2. The van der Waals surface area contributed by atoms with Gasteiger partial charge in [0, 0.05) is 11.6 Å². The quantitative estimate of drug-likeness (QED) is 0.481. The Hall–Kier alpha value is -2.89. The van der Waals surface area contributed by atoms with Crippen molar-refractivity contribution < 1.29 is 19.2 Å². The zero-order valence-corrected chi connectivity index (χ0v) is 12.2. The van der Waals surface area contributed by atoms with Gasteiger partial charge in [-0.15, -0.1) is 0 Å². The minimum absolute atomic E-state index is 0.0171. The predicted octanol–water partition coefficient (Wildman–Crippen LogP) is 3.20. The molecule has 114 valence electrons. The number of nitro benzene ring substituents is 1. The van der Waals surface area contributed by atoms with Crippen molar-refractivity contribution in [1.29, 1.82) is 0 Å². The van der Waals surface area contributed by atoms with Crippen molar-refractivity contribution in [3.63, 3.8) is 0 Å². The van der Waals surface area contributed by atoms with Crippen LogP contribution in [0.4, 0.5) is 5.69 Å². The van der Waals surface area contributed by atoms with Gasteiger partial charge in [0.2, 0.25) is 6.10 Å². The Labute approximate surface area is 127 Å². The predicted molar refractivity (Wildman–Crippen MR) is 79.7 cm³/mol. The molecule has 1 atom stereocenters. The van der Waals surface area contributed by atoms with Gasteiger partial charge in [0.1, 0.15) is 0 Å². The van der Waals surface area contributed by atoms with Gasteiger partial charge in [-0.25, -0.2) is 4.79 Å². The molecule has 6 nitrogen and oxygen atoms in total. The molecule has 0 fully saturated rings. The van der Waals surface area contributed by atoms with E-state index >= 15 is 0 Å². The second kappa shape index (κ2) is 6.71. The molecule has 0 spiro atoms. The van der Waals surface area contributed by atoms with E-state index in [1.807, 2.05) is 19.1 Å². The van der Waals surface area contributed by atoms with E-state index in [1.165, 1.54) is 25.3 Å². The molecule has 2 aromatic carbocycles. The van der Waals surface area contributed by atoms with Crippen LogP contribution in [-0.4, -0.2) is 18.0 Å². The van der Waals surface area contributed by atoms with E-state index < -0.39 is 17.0 Å². The SMILES string of the molecule is COC(=O)C(Oc1ccccc1[N+](=O)[O-])c1ccc(C)cc1. The summed E-state index contributed by atoms with van der Waals surface area (Å²) in [5, 5.41) is 11.0. The van der Waals surface area contributed by atoms with Gasteiger partial charge in [0.25, 0.3) is 0 Å². The van der Waals surface area contributed by atoms with Gasteiger partial charge in [-0.2, -0.15) is 0 Å². The summed E-state index contributed by atoms with van der Waals surface area (Å²) in [7, 11) is 1.24. The zero-order chi connectivity index (χ0) is 16.1. The van der Waals surface area contributed by atoms with E-state index in [0.717, 1.165) is 5.56 Å². The van der Waals surface area contributed by atoms with Crippen molar-refractivity contribution in [2.45, 2.75) is 13.0 Å². The Morgan fingerprint density at radius 3 is 2.36 bits per heavy atom. The molecule has 0 amide bonds. The highest BCUT2D eigenvalue weighted by Gasteiger charge is 2.26. The number of aryl methyl sites for hydroxylation is 1. The van der Waals surface area contributed by atoms with Gasteiger partial charge in [-0.05, 0) is 13.0 Å². The van der Waals surface area contributed by atoms with Crippen molar-refractivity contribution in [2.24, 2.45) is 0 Å². The molecule has 0 saturated heterocycles. The maximum absolute atomic E-state index is 12.0. The Morgan fingerprint density at radius 2 is 1.77 bits per heavy atom. The topological polar surface area (TPSA) is 78.7 Å². The highest BCUT2D eigenvalue weighted by atomic mass is 16.6. The first-order valence-electron chi connectivity index (χ1n) is 6.57. The molecule has 0 aromatic heterocycles. The van der Waals surface area contributed by atoms with E-state index in [0.29, 0.717) is 5.56 Å². The molecule has 0 N–H and O–H groups in total. The van der Waals surface area contributed by atoms with Crippen LogP contribution < -0.4 is 4.74 Å². The lowest BCUT2D eigenvalue weighted by atomic mass is 10.1. The van der Waals surface area contributed by atoms with Crippen LogP contribution >= 0.6 is 0 Å². The number of nitro groups is 1. The van der Waals surface area contributed by atoms with Gasteiger partial charge in [-0.1, -0.05) is 42.0 Å². The summed E-state index contributed by atoms with van der Waals surface area (Å²) in [6.45, 7) is 1.92. The lowest BCUT2D eigenvalue weighted by Crippen LogP contribution is -2.20. The fraction of sp³-hybridized carbons (Fsp3) is 0.188. The molecule has 2 aromatic rings. The molecule has 0 bridgehead atoms. The highest BCUT2D eigenvalue weighted by molar-refractivity contribution is 5.77. The van der Waals surface area contributed by atoms with Gasteiger partial charge >= 0.3 is 11.7 Å². The third-order valence-corrected chi connectivity index (χ3v) is 3.10. The molecular formula is C16H15NO5. The summed E-state index contributed by atoms with van der Waals surface area (Å²) < 4.78 is 10.3. The maximum Gasteiger partial charge on any atom is 0.351 e. The molecule has 2 rings (SSSR count). The molecule has 0 radical (unpaired) electrons. The molecular weight excluding hydrogens is 286 g/mol. The minimum Gasteiger partial charge on any atom is -0.467 e. The molecule has 0 aliphatic carbocycles. The van der Waals surface area contributed by atoms with E-state index in [1.54, 1.807) is 18.2 Å². The Kier molecular flexibility index (Phi) is 4.73. The fourth-order valence-electron chi connectivity index (χ4n) is 1.94. The lowest BCUT2D eigenvalue weighted by molar-refractivity contribution is -0.386. The minimum atomic E-state index is -1.06. The molecule has 1 unspecified atom stereocenters. The maximum atomic E-state index is 12.0. The second-order valence-corrected chi connectivity index (χ2v) is 4.66. The highest BCUT2D eigenvalue weighted by Crippen LogP contribution is 2.31. The average molecular weight is 301 g/mol. The zero-order valence-electron chi connectivity index (χ0n) is 12.2. The average Bonchev–Trinajstić information content (AvgIpc) is 2.53. The van der Waals surface area contributed by atoms with Crippen LogP contribution in [0.25, 0.3) is 0 Å². The molecule has 0 heterocycles. The molecule has 0 saturated carbocycles. The number of ether oxygens (including phenoxy) is 2. The third-order valence-electron chi connectivity index (χ3n) is 3.10. The largest absolute Gasteiger partial charge is 0.467 e. The van der Waals surface area contributed by atoms with Crippen LogP contribution in [0.3, 0.4) is 0 Å². The van der Waals surface area contributed by atoms with Gasteiger partial charge in [0.15, 0.2) is 5.75 Å². The first-order valence-corrected chi connectivity index (χ1v) is 6.57. The van der Waals surface area contributed by atoms with Crippen LogP contribution in [0.15, 0.2) is 48.5 Å².